The second-order valence-corrected chi connectivity index (χ2v) is 9.23. The van der Waals surface area contributed by atoms with Gasteiger partial charge in [0.2, 0.25) is 12.9 Å². The topological polar surface area (TPSA) is 103 Å². The molecule has 1 aliphatic heterocycles. The lowest BCUT2D eigenvalue weighted by molar-refractivity contribution is -0.145. The van der Waals surface area contributed by atoms with Crippen molar-refractivity contribution in [3.63, 3.8) is 0 Å². The molecule has 0 saturated carbocycles. The molecule has 0 radical (unpaired) electrons. The molecule has 0 aliphatic carbocycles. The first-order valence-electron chi connectivity index (χ1n) is 12.6. The first kappa shape index (κ1) is 24.5. The molecule has 0 bridgehead atoms. The number of carboxylic acid groups (broad SMARTS) is 1. The summed E-state index contributed by atoms with van der Waals surface area (Å²) in [7, 11) is 0. The van der Waals surface area contributed by atoms with E-state index in [0.717, 1.165) is 53.4 Å². The van der Waals surface area contributed by atoms with Crippen LogP contribution in [0.4, 0.5) is 0 Å². The Kier molecular flexibility index (Phi) is 6.90. The van der Waals surface area contributed by atoms with E-state index in [9.17, 15) is 14.7 Å². The van der Waals surface area contributed by atoms with Crippen LogP contribution < -0.4 is 19.9 Å². The summed E-state index contributed by atoms with van der Waals surface area (Å²) in [5.74, 6) is 0.611. The molecule has 0 spiro atoms. The Bertz CT molecular complexity index is 1480. The van der Waals surface area contributed by atoms with Crippen molar-refractivity contribution in [2.75, 3.05) is 6.79 Å². The number of ether oxygens (including phenoxy) is 3. The minimum atomic E-state index is -1.21. The molecule has 8 nitrogen and oxygen atoms in total. The third-order valence-corrected chi connectivity index (χ3v) is 6.52. The van der Waals surface area contributed by atoms with Gasteiger partial charge in [-0.1, -0.05) is 57.0 Å². The van der Waals surface area contributed by atoms with Gasteiger partial charge in [0, 0.05) is 5.56 Å². The highest BCUT2D eigenvalue weighted by atomic mass is 16.7. The fraction of sp³-hybridized carbons (Fsp3) is 0.310. The van der Waals surface area contributed by atoms with Crippen LogP contribution in [0.3, 0.4) is 0 Å². The lowest BCUT2D eigenvalue weighted by atomic mass is 9.97. The van der Waals surface area contributed by atoms with Crippen molar-refractivity contribution in [3.05, 3.63) is 87.3 Å². The zero-order chi connectivity index (χ0) is 25.9. The smallest absolute Gasteiger partial charge is 0.349 e. The number of fused-ring (bicyclic) bond motifs is 2. The summed E-state index contributed by atoms with van der Waals surface area (Å²) in [6.07, 6.45) is 1.95. The number of para-hydroxylation sites is 2. The van der Waals surface area contributed by atoms with E-state index in [1.54, 1.807) is 22.8 Å². The lowest BCUT2D eigenvalue weighted by Gasteiger charge is -2.22. The molecule has 8 heteroatoms. The number of nitrogens with one attached hydrogen (secondary N) is 1. The molecule has 1 aromatic heterocycles. The van der Waals surface area contributed by atoms with E-state index in [2.05, 4.69) is 18.8 Å². The first-order chi connectivity index (χ1) is 18.0. The maximum Gasteiger partial charge on any atom is 0.349 e. The average Bonchev–Trinajstić information content (AvgIpc) is 3.47. The SMILES string of the molecule is CCCc1cc(Cn2c(=O)[nH]c3ccccc32)cc(CCC)c1OC(C(=O)O)c1ccc2c(c1)OCO2. The van der Waals surface area contributed by atoms with Gasteiger partial charge in [0.25, 0.3) is 0 Å². The minimum absolute atomic E-state index is 0.111. The van der Waals surface area contributed by atoms with Crippen molar-refractivity contribution in [1.29, 1.82) is 0 Å². The molecule has 0 fully saturated rings. The van der Waals surface area contributed by atoms with E-state index in [-0.39, 0.29) is 12.5 Å². The van der Waals surface area contributed by atoms with Crippen LogP contribution >= 0.6 is 0 Å². The Hall–Kier alpha value is -4.20. The van der Waals surface area contributed by atoms with Crippen LogP contribution in [0.25, 0.3) is 11.0 Å². The highest BCUT2D eigenvalue weighted by Crippen LogP contribution is 2.37. The molecule has 5 rings (SSSR count). The van der Waals surface area contributed by atoms with E-state index >= 15 is 0 Å². The number of H-pyrrole nitrogens is 1. The van der Waals surface area contributed by atoms with Crippen LogP contribution in [0, 0.1) is 0 Å². The van der Waals surface area contributed by atoms with Crippen LogP contribution in [-0.2, 0) is 24.2 Å². The fourth-order valence-corrected chi connectivity index (χ4v) is 4.88. The number of aryl methyl sites for hydroxylation is 2. The predicted octanol–water partition coefficient (Wildman–Crippen LogP) is 5.22. The number of carboxylic acids is 1. The van der Waals surface area contributed by atoms with Crippen molar-refractivity contribution in [2.45, 2.75) is 52.2 Å². The molecule has 192 valence electrons. The van der Waals surface area contributed by atoms with Crippen LogP contribution in [-0.4, -0.2) is 27.4 Å². The summed E-state index contributed by atoms with van der Waals surface area (Å²) in [6, 6.07) is 16.8. The van der Waals surface area contributed by atoms with Crippen LogP contribution in [0.5, 0.6) is 17.2 Å². The number of rotatable bonds is 10. The Morgan fingerprint density at radius 1 is 1.03 bits per heavy atom. The molecule has 1 aliphatic rings. The molecule has 37 heavy (non-hydrogen) atoms. The van der Waals surface area contributed by atoms with Crippen molar-refractivity contribution < 1.29 is 24.1 Å². The normalized spacial score (nSPS) is 13.1. The molecule has 2 heterocycles. The molecule has 0 saturated heterocycles. The molecule has 1 atom stereocenters. The molecule has 3 aromatic carbocycles. The maximum atomic E-state index is 12.7. The Morgan fingerprint density at radius 2 is 1.73 bits per heavy atom. The van der Waals surface area contributed by atoms with E-state index < -0.39 is 12.1 Å². The number of aromatic nitrogens is 2. The zero-order valence-electron chi connectivity index (χ0n) is 21.0. The summed E-state index contributed by atoms with van der Waals surface area (Å²) in [5.41, 5.74) is 4.80. The fourth-order valence-electron chi connectivity index (χ4n) is 4.88. The highest BCUT2D eigenvalue weighted by molar-refractivity contribution is 5.76. The summed E-state index contributed by atoms with van der Waals surface area (Å²) in [5, 5.41) is 10.1. The van der Waals surface area contributed by atoms with Gasteiger partial charge in [0.05, 0.1) is 17.6 Å². The maximum absolute atomic E-state index is 12.7. The molecular weight excluding hydrogens is 472 g/mol. The number of imidazole rings is 1. The molecule has 4 aromatic rings. The van der Waals surface area contributed by atoms with E-state index in [1.807, 2.05) is 36.4 Å². The van der Waals surface area contributed by atoms with E-state index in [1.165, 1.54) is 0 Å². The molecule has 2 N–H and O–H groups in total. The summed E-state index contributed by atoms with van der Waals surface area (Å²) < 4.78 is 18.8. The second kappa shape index (κ2) is 10.4. The number of benzene rings is 3. The first-order valence-corrected chi connectivity index (χ1v) is 12.6. The van der Waals surface area contributed by atoms with E-state index in [0.29, 0.717) is 29.4 Å². The monoisotopic (exact) mass is 502 g/mol. The van der Waals surface area contributed by atoms with Gasteiger partial charge in [-0.05, 0) is 53.8 Å². The predicted molar refractivity (Wildman–Crippen MR) is 140 cm³/mol. The molecular formula is C29H30N2O6. The van der Waals surface area contributed by atoms with Gasteiger partial charge in [-0.2, -0.15) is 0 Å². The van der Waals surface area contributed by atoms with Gasteiger partial charge < -0.3 is 24.3 Å². The van der Waals surface area contributed by atoms with Gasteiger partial charge in [-0.25, -0.2) is 9.59 Å². The number of nitrogens with zero attached hydrogens (tertiary/aromatic N) is 1. The largest absolute Gasteiger partial charge is 0.478 e. The van der Waals surface area contributed by atoms with Gasteiger partial charge in [0.1, 0.15) is 5.75 Å². The number of hydrogen-bond donors (Lipinski definition) is 2. The Morgan fingerprint density at radius 3 is 2.43 bits per heavy atom. The number of aliphatic carboxylic acids is 1. The number of carbonyl (C=O) groups is 1. The van der Waals surface area contributed by atoms with Crippen molar-refractivity contribution >= 4 is 17.0 Å². The molecule has 1 unspecified atom stereocenters. The third-order valence-electron chi connectivity index (χ3n) is 6.52. The summed E-state index contributed by atoms with van der Waals surface area (Å²) in [6.45, 7) is 4.67. The van der Waals surface area contributed by atoms with E-state index in [4.69, 9.17) is 14.2 Å². The summed E-state index contributed by atoms with van der Waals surface area (Å²) in [4.78, 5) is 27.9. The van der Waals surface area contributed by atoms with Crippen LogP contribution in [0.15, 0.2) is 59.4 Å². The van der Waals surface area contributed by atoms with Gasteiger partial charge >= 0.3 is 11.7 Å². The highest BCUT2D eigenvalue weighted by Gasteiger charge is 2.27. The van der Waals surface area contributed by atoms with Gasteiger partial charge in [-0.15, -0.1) is 0 Å². The standard InChI is InChI=1S/C29H30N2O6/c1-3-7-19-13-18(16-31-23-10-6-5-9-22(23)30-29(31)34)14-20(8-4-2)26(19)37-27(28(32)33)21-11-12-24-25(15-21)36-17-35-24/h5-6,9-15,27H,3-4,7-8,16-17H2,1-2H3,(H,30,34)(H,32,33). The number of hydrogen-bond acceptors (Lipinski definition) is 5. The van der Waals surface area contributed by atoms with Gasteiger partial charge in [-0.3, -0.25) is 4.57 Å². The zero-order valence-corrected chi connectivity index (χ0v) is 21.0. The Balaban J connectivity index is 1.54. The van der Waals surface area contributed by atoms with Crippen molar-refractivity contribution in [1.82, 2.24) is 9.55 Å². The third kappa shape index (κ3) is 4.91. The number of aromatic amines is 1. The average molecular weight is 503 g/mol. The van der Waals surface area contributed by atoms with Crippen LogP contribution in [0.2, 0.25) is 0 Å². The summed E-state index contributed by atoms with van der Waals surface area (Å²) >= 11 is 0. The minimum Gasteiger partial charge on any atom is -0.478 e. The Labute approximate surface area is 214 Å². The van der Waals surface area contributed by atoms with Crippen molar-refractivity contribution in [2.24, 2.45) is 0 Å². The van der Waals surface area contributed by atoms with Gasteiger partial charge in [0.15, 0.2) is 11.5 Å². The lowest BCUT2D eigenvalue weighted by Crippen LogP contribution is -2.20. The van der Waals surface area contributed by atoms with Crippen molar-refractivity contribution in [3.8, 4) is 17.2 Å². The quantitative estimate of drug-likeness (QED) is 0.308. The van der Waals surface area contributed by atoms with Crippen LogP contribution in [0.1, 0.15) is 55.0 Å². The second-order valence-electron chi connectivity index (χ2n) is 9.23. The molecule has 0 amide bonds.